The number of nitrogens with one attached hydrogen (secondary N) is 1. The van der Waals surface area contributed by atoms with Gasteiger partial charge in [-0.05, 0) is 36.1 Å². The minimum Gasteiger partial charge on any atom is -0.393 e. The zero-order valence-corrected chi connectivity index (χ0v) is 11.6. The predicted molar refractivity (Wildman–Crippen MR) is 73.6 cm³/mol. The SMILES string of the molecule is CC(C)(C)C(O)CCNC(=O)c1ccc(C#N)cc1. The van der Waals surface area contributed by atoms with Crippen LogP contribution in [-0.2, 0) is 0 Å². The summed E-state index contributed by atoms with van der Waals surface area (Å²) in [6.07, 6.45) is 0.0691. The lowest BCUT2D eigenvalue weighted by molar-refractivity contribution is 0.0551. The number of aliphatic hydroxyl groups is 1. The summed E-state index contributed by atoms with van der Waals surface area (Å²) >= 11 is 0. The molecule has 0 aromatic heterocycles. The Kier molecular flexibility index (Phi) is 5.08. The van der Waals surface area contributed by atoms with E-state index in [2.05, 4.69) is 5.32 Å². The van der Waals surface area contributed by atoms with Crippen molar-refractivity contribution < 1.29 is 9.90 Å². The van der Waals surface area contributed by atoms with Crippen LogP contribution in [0.25, 0.3) is 0 Å². The monoisotopic (exact) mass is 260 g/mol. The second-order valence-corrected chi connectivity index (χ2v) is 5.62. The molecule has 1 atom stereocenters. The predicted octanol–water partition coefficient (Wildman–Crippen LogP) is 2.09. The molecule has 1 unspecified atom stereocenters. The van der Waals surface area contributed by atoms with E-state index in [0.29, 0.717) is 24.1 Å². The molecule has 0 radical (unpaired) electrons. The normalized spacial score (nSPS) is 12.6. The molecule has 1 rings (SSSR count). The van der Waals surface area contributed by atoms with Crippen molar-refractivity contribution in [1.82, 2.24) is 5.32 Å². The van der Waals surface area contributed by atoms with Crippen LogP contribution in [0.15, 0.2) is 24.3 Å². The highest BCUT2D eigenvalue weighted by Crippen LogP contribution is 2.20. The minimum atomic E-state index is -0.450. The Morgan fingerprint density at radius 2 is 1.95 bits per heavy atom. The fourth-order valence-electron chi connectivity index (χ4n) is 1.55. The maximum Gasteiger partial charge on any atom is 0.251 e. The van der Waals surface area contributed by atoms with Gasteiger partial charge in [-0.15, -0.1) is 0 Å². The van der Waals surface area contributed by atoms with E-state index >= 15 is 0 Å². The summed E-state index contributed by atoms with van der Waals surface area (Å²) in [6.45, 7) is 6.30. The Balaban J connectivity index is 2.45. The van der Waals surface area contributed by atoms with Gasteiger partial charge in [0.25, 0.3) is 5.91 Å². The number of carbonyl (C=O) groups is 1. The first kappa shape index (κ1) is 15.2. The molecular weight excluding hydrogens is 240 g/mol. The molecule has 0 bridgehead atoms. The van der Waals surface area contributed by atoms with Crippen LogP contribution in [0, 0.1) is 16.7 Å². The summed E-state index contributed by atoms with van der Waals surface area (Å²) in [5.41, 5.74) is 0.864. The standard InChI is InChI=1S/C15H20N2O2/c1-15(2,3)13(18)8-9-17-14(19)12-6-4-11(10-16)5-7-12/h4-7,13,18H,8-9H2,1-3H3,(H,17,19). The van der Waals surface area contributed by atoms with Gasteiger partial charge >= 0.3 is 0 Å². The Bertz CT molecular complexity index is 466. The van der Waals surface area contributed by atoms with Crippen LogP contribution in [0.2, 0.25) is 0 Å². The van der Waals surface area contributed by atoms with E-state index in [1.807, 2.05) is 26.8 Å². The van der Waals surface area contributed by atoms with Crippen molar-refractivity contribution in [2.24, 2.45) is 5.41 Å². The third-order valence-electron chi connectivity index (χ3n) is 2.98. The van der Waals surface area contributed by atoms with E-state index in [0.717, 1.165) is 0 Å². The summed E-state index contributed by atoms with van der Waals surface area (Å²) in [4.78, 5) is 11.8. The molecule has 4 nitrogen and oxygen atoms in total. The van der Waals surface area contributed by atoms with Gasteiger partial charge in [0.05, 0.1) is 17.7 Å². The molecular formula is C15H20N2O2. The Morgan fingerprint density at radius 3 is 2.42 bits per heavy atom. The van der Waals surface area contributed by atoms with Gasteiger partial charge in [-0.1, -0.05) is 20.8 Å². The van der Waals surface area contributed by atoms with Crippen molar-refractivity contribution in [3.63, 3.8) is 0 Å². The maximum atomic E-state index is 11.8. The van der Waals surface area contributed by atoms with Gasteiger partial charge in [0, 0.05) is 12.1 Å². The van der Waals surface area contributed by atoms with E-state index in [1.54, 1.807) is 24.3 Å². The molecule has 1 aromatic rings. The third kappa shape index (κ3) is 4.72. The van der Waals surface area contributed by atoms with E-state index < -0.39 is 6.10 Å². The fourth-order valence-corrected chi connectivity index (χ4v) is 1.55. The van der Waals surface area contributed by atoms with E-state index in [-0.39, 0.29) is 11.3 Å². The summed E-state index contributed by atoms with van der Waals surface area (Å²) in [5, 5.41) is 21.3. The highest BCUT2D eigenvalue weighted by atomic mass is 16.3. The number of nitriles is 1. The fraction of sp³-hybridized carbons (Fsp3) is 0.467. The average Bonchev–Trinajstić information content (AvgIpc) is 2.37. The number of amides is 1. The molecule has 4 heteroatoms. The Hall–Kier alpha value is -1.86. The number of aliphatic hydroxyl groups excluding tert-OH is 1. The lowest BCUT2D eigenvalue weighted by Gasteiger charge is -2.25. The molecule has 0 fully saturated rings. The van der Waals surface area contributed by atoms with Gasteiger partial charge < -0.3 is 10.4 Å². The molecule has 0 aliphatic rings. The van der Waals surface area contributed by atoms with Crippen LogP contribution in [0.1, 0.15) is 43.1 Å². The molecule has 2 N–H and O–H groups in total. The average molecular weight is 260 g/mol. The van der Waals surface area contributed by atoms with Crippen molar-refractivity contribution in [2.75, 3.05) is 6.54 Å². The van der Waals surface area contributed by atoms with E-state index in [4.69, 9.17) is 5.26 Å². The molecule has 0 heterocycles. The van der Waals surface area contributed by atoms with Gasteiger partial charge in [-0.3, -0.25) is 4.79 Å². The summed E-state index contributed by atoms with van der Waals surface area (Å²) in [5.74, 6) is -0.189. The Labute approximate surface area is 114 Å². The highest BCUT2D eigenvalue weighted by Gasteiger charge is 2.21. The summed E-state index contributed by atoms with van der Waals surface area (Å²) in [7, 11) is 0. The second kappa shape index (κ2) is 6.35. The highest BCUT2D eigenvalue weighted by molar-refractivity contribution is 5.94. The molecule has 0 aliphatic carbocycles. The number of benzene rings is 1. The first-order valence-electron chi connectivity index (χ1n) is 6.31. The maximum absolute atomic E-state index is 11.8. The molecule has 1 amide bonds. The summed E-state index contributed by atoms with van der Waals surface area (Å²) < 4.78 is 0. The number of hydrogen-bond donors (Lipinski definition) is 2. The lowest BCUT2D eigenvalue weighted by atomic mass is 9.87. The molecule has 0 saturated carbocycles. The van der Waals surface area contributed by atoms with Crippen molar-refractivity contribution in [2.45, 2.75) is 33.3 Å². The van der Waals surface area contributed by atoms with Crippen LogP contribution in [0.5, 0.6) is 0 Å². The van der Waals surface area contributed by atoms with Crippen LogP contribution < -0.4 is 5.32 Å². The molecule has 1 aromatic carbocycles. The van der Waals surface area contributed by atoms with Crippen LogP contribution in [-0.4, -0.2) is 23.7 Å². The number of nitrogens with zero attached hydrogens (tertiary/aromatic N) is 1. The van der Waals surface area contributed by atoms with Crippen LogP contribution >= 0.6 is 0 Å². The molecule has 0 spiro atoms. The molecule has 0 aliphatic heterocycles. The van der Waals surface area contributed by atoms with Crippen LogP contribution in [0.4, 0.5) is 0 Å². The largest absolute Gasteiger partial charge is 0.393 e. The first-order valence-corrected chi connectivity index (χ1v) is 6.31. The van der Waals surface area contributed by atoms with Gasteiger partial charge in [-0.25, -0.2) is 0 Å². The smallest absolute Gasteiger partial charge is 0.251 e. The van der Waals surface area contributed by atoms with Crippen LogP contribution in [0.3, 0.4) is 0 Å². The Morgan fingerprint density at radius 1 is 1.37 bits per heavy atom. The number of carbonyl (C=O) groups excluding carboxylic acids is 1. The number of rotatable bonds is 4. The molecule has 102 valence electrons. The van der Waals surface area contributed by atoms with Gasteiger partial charge in [-0.2, -0.15) is 5.26 Å². The summed E-state index contributed by atoms with van der Waals surface area (Å²) in [6, 6.07) is 8.46. The van der Waals surface area contributed by atoms with Crippen molar-refractivity contribution in [3.05, 3.63) is 35.4 Å². The van der Waals surface area contributed by atoms with E-state index in [9.17, 15) is 9.90 Å². The zero-order chi connectivity index (χ0) is 14.5. The minimum absolute atomic E-state index is 0.181. The van der Waals surface area contributed by atoms with Gasteiger partial charge in [0.15, 0.2) is 0 Å². The molecule has 0 saturated heterocycles. The van der Waals surface area contributed by atoms with Crippen molar-refractivity contribution in [3.8, 4) is 6.07 Å². The van der Waals surface area contributed by atoms with Gasteiger partial charge in [0.1, 0.15) is 0 Å². The second-order valence-electron chi connectivity index (χ2n) is 5.62. The lowest BCUT2D eigenvalue weighted by Crippen LogP contribution is -2.32. The quantitative estimate of drug-likeness (QED) is 0.870. The van der Waals surface area contributed by atoms with Gasteiger partial charge in [0.2, 0.25) is 0 Å². The zero-order valence-electron chi connectivity index (χ0n) is 11.6. The molecule has 19 heavy (non-hydrogen) atoms. The topological polar surface area (TPSA) is 73.1 Å². The van der Waals surface area contributed by atoms with Crippen molar-refractivity contribution in [1.29, 1.82) is 5.26 Å². The number of hydrogen-bond acceptors (Lipinski definition) is 3. The van der Waals surface area contributed by atoms with Crippen molar-refractivity contribution >= 4 is 5.91 Å². The first-order chi connectivity index (χ1) is 8.84. The third-order valence-corrected chi connectivity index (χ3v) is 2.98. The van der Waals surface area contributed by atoms with E-state index in [1.165, 1.54) is 0 Å².